The molecule has 2 aliphatic rings. The molecule has 2 fully saturated rings. The molecule has 1 saturated carbocycles. The SMILES string of the molecule is COC(=O)c1ccc(OC)c(S(=O)(=O)N2C(C(=O)O)CC3CCCCC32)c1. The number of ether oxygens (including phenoxy) is 2. The number of esters is 1. The van der Waals surface area contributed by atoms with Crippen molar-refractivity contribution in [1.29, 1.82) is 0 Å². The number of carboxylic acid groups (broad SMARTS) is 1. The summed E-state index contributed by atoms with van der Waals surface area (Å²) in [5.41, 5.74) is 0.0585. The highest BCUT2D eigenvalue weighted by molar-refractivity contribution is 7.89. The summed E-state index contributed by atoms with van der Waals surface area (Å²) in [5.74, 6) is -1.74. The second kappa shape index (κ2) is 7.47. The summed E-state index contributed by atoms with van der Waals surface area (Å²) >= 11 is 0. The van der Waals surface area contributed by atoms with Gasteiger partial charge in [0.1, 0.15) is 16.7 Å². The van der Waals surface area contributed by atoms with Crippen molar-refractivity contribution in [2.24, 2.45) is 5.92 Å². The van der Waals surface area contributed by atoms with Crippen LogP contribution in [0.5, 0.6) is 5.75 Å². The van der Waals surface area contributed by atoms with E-state index in [-0.39, 0.29) is 28.2 Å². The number of carbonyl (C=O) groups is 2. The van der Waals surface area contributed by atoms with Gasteiger partial charge in [-0.15, -0.1) is 0 Å². The number of nitrogens with zero attached hydrogens (tertiary/aromatic N) is 1. The third-order valence-corrected chi connectivity index (χ3v) is 7.41. The Kier molecular flexibility index (Phi) is 5.43. The fourth-order valence-electron chi connectivity index (χ4n) is 4.21. The first kappa shape index (κ1) is 19.6. The van der Waals surface area contributed by atoms with E-state index in [1.807, 2.05) is 0 Å². The summed E-state index contributed by atoms with van der Waals surface area (Å²) < 4.78 is 37.9. The number of benzene rings is 1. The van der Waals surface area contributed by atoms with Crippen molar-refractivity contribution in [2.75, 3.05) is 14.2 Å². The molecule has 148 valence electrons. The van der Waals surface area contributed by atoms with Gasteiger partial charge in [-0.25, -0.2) is 13.2 Å². The lowest BCUT2D eigenvalue weighted by Crippen LogP contribution is -2.46. The summed E-state index contributed by atoms with van der Waals surface area (Å²) in [7, 11) is -1.66. The van der Waals surface area contributed by atoms with Gasteiger partial charge < -0.3 is 14.6 Å². The lowest BCUT2D eigenvalue weighted by molar-refractivity contribution is -0.141. The number of carbonyl (C=O) groups excluding carboxylic acids is 1. The molecule has 3 atom stereocenters. The van der Waals surface area contributed by atoms with Gasteiger partial charge in [0.25, 0.3) is 0 Å². The molecule has 3 rings (SSSR count). The highest BCUT2D eigenvalue weighted by Gasteiger charge is 2.51. The Hall–Kier alpha value is -2.13. The van der Waals surface area contributed by atoms with Gasteiger partial charge in [0, 0.05) is 6.04 Å². The van der Waals surface area contributed by atoms with Crippen molar-refractivity contribution < 1.29 is 32.6 Å². The Morgan fingerprint density at radius 3 is 2.52 bits per heavy atom. The quantitative estimate of drug-likeness (QED) is 0.756. The number of methoxy groups -OCH3 is 2. The fraction of sp³-hybridized carbons (Fsp3) is 0.556. The molecule has 0 radical (unpaired) electrons. The fourth-order valence-corrected chi connectivity index (χ4v) is 6.27. The zero-order valence-corrected chi connectivity index (χ0v) is 16.1. The molecule has 27 heavy (non-hydrogen) atoms. The molecule has 1 aromatic carbocycles. The Morgan fingerprint density at radius 2 is 1.89 bits per heavy atom. The van der Waals surface area contributed by atoms with Crippen LogP contribution in [-0.2, 0) is 19.6 Å². The molecule has 1 aromatic rings. The van der Waals surface area contributed by atoms with E-state index in [1.165, 1.54) is 32.4 Å². The third-order valence-electron chi connectivity index (χ3n) is 5.45. The van der Waals surface area contributed by atoms with Gasteiger partial charge in [-0.2, -0.15) is 4.31 Å². The lowest BCUT2D eigenvalue weighted by Gasteiger charge is -2.32. The minimum Gasteiger partial charge on any atom is -0.495 e. The van der Waals surface area contributed by atoms with Crippen LogP contribution in [0.3, 0.4) is 0 Å². The molecule has 1 aliphatic heterocycles. The van der Waals surface area contributed by atoms with Crippen LogP contribution in [0.2, 0.25) is 0 Å². The maximum atomic E-state index is 13.5. The van der Waals surface area contributed by atoms with Crippen LogP contribution in [0.25, 0.3) is 0 Å². The molecule has 0 amide bonds. The van der Waals surface area contributed by atoms with E-state index in [2.05, 4.69) is 4.74 Å². The zero-order chi connectivity index (χ0) is 19.8. The highest BCUT2D eigenvalue weighted by Crippen LogP contribution is 2.44. The Bertz CT molecular complexity index is 851. The number of carboxylic acids is 1. The monoisotopic (exact) mass is 397 g/mol. The van der Waals surface area contributed by atoms with Gasteiger partial charge in [0.05, 0.1) is 19.8 Å². The van der Waals surface area contributed by atoms with Gasteiger partial charge >= 0.3 is 11.9 Å². The Morgan fingerprint density at radius 1 is 1.19 bits per heavy atom. The molecule has 0 spiro atoms. The maximum Gasteiger partial charge on any atom is 0.337 e. The Labute approximate surface area is 158 Å². The maximum absolute atomic E-state index is 13.5. The number of sulfonamides is 1. The topological polar surface area (TPSA) is 110 Å². The van der Waals surface area contributed by atoms with Crippen LogP contribution in [0, 0.1) is 5.92 Å². The molecule has 1 heterocycles. The minimum atomic E-state index is -4.19. The van der Waals surface area contributed by atoms with Crippen molar-refractivity contribution in [3.05, 3.63) is 23.8 Å². The van der Waals surface area contributed by atoms with Gasteiger partial charge in [0.2, 0.25) is 10.0 Å². The van der Waals surface area contributed by atoms with E-state index in [9.17, 15) is 23.1 Å². The van der Waals surface area contributed by atoms with Crippen LogP contribution in [-0.4, -0.2) is 56.1 Å². The third kappa shape index (κ3) is 3.41. The van der Waals surface area contributed by atoms with Crippen molar-refractivity contribution >= 4 is 22.0 Å². The van der Waals surface area contributed by atoms with Gasteiger partial charge in [-0.1, -0.05) is 12.8 Å². The predicted molar refractivity (Wildman–Crippen MR) is 95.1 cm³/mol. The van der Waals surface area contributed by atoms with Gasteiger partial charge in [-0.05, 0) is 43.4 Å². The minimum absolute atomic E-state index is 0.0319. The average molecular weight is 397 g/mol. The van der Waals surface area contributed by atoms with Crippen LogP contribution < -0.4 is 4.74 Å². The molecule has 1 N–H and O–H groups in total. The molecular formula is C18H23NO7S. The second-order valence-electron chi connectivity index (χ2n) is 6.89. The molecule has 0 aromatic heterocycles. The summed E-state index contributed by atoms with van der Waals surface area (Å²) in [6.07, 6.45) is 3.59. The molecule has 1 aliphatic carbocycles. The van der Waals surface area contributed by atoms with Crippen LogP contribution >= 0.6 is 0 Å². The first-order valence-electron chi connectivity index (χ1n) is 8.84. The first-order valence-corrected chi connectivity index (χ1v) is 10.3. The van der Waals surface area contributed by atoms with Crippen molar-refractivity contribution in [3.63, 3.8) is 0 Å². The van der Waals surface area contributed by atoms with E-state index in [1.54, 1.807) is 0 Å². The van der Waals surface area contributed by atoms with Crippen molar-refractivity contribution in [3.8, 4) is 5.75 Å². The standard InChI is InChI=1S/C18H23NO7S/c1-25-15-8-7-12(18(22)26-2)10-16(15)27(23,24)19-13-6-4-3-5-11(13)9-14(19)17(20)21/h7-8,10-11,13-14H,3-6,9H2,1-2H3,(H,20,21). The summed E-state index contributed by atoms with van der Waals surface area (Å²) in [6.45, 7) is 0. The normalized spacial score (nSPS) is 25.6. The molecular weight excluding hydrogens is 374 g/mol. The van der Waals surface area contributed by atoms with Crippen molar-refractivity contribution in [2.45, 2.75) is 49.1 Å². The van der Waals surface area contributed by atoms with Crippen LogP contribution in [0.15, 0.2) is 23.1 Å². The van der Waals surface area contributed by atoms with E-state index in [0.29, 0.717) is 12.8 Å². The molecule has 8 nitrogen and oxygen atoms in total. The number of hydrogen-bond acceptors (Lipinski definition) is 6. The first-order chi connectivity index (χ1) is 12.8. The largest absolute Gasteiger partial charge is 0.495 e. The number of rotatable bonds is 5. The average Bonchev–Trinajstić information content (AvgIpc) is 3.07. The highest BCUT2D eigenvalue weighted by atomic mass is 32.2. The van der Waals surface area contributed by atoms with Crippen LogP contribution in [0.1, 0.15) is 42.5 Å². The predicted octanol–water partition coefficient (Wildman–Crippen LogP) is 1.89. The van der Waals surface area contributed by atoms with E-state index in [0.717, 1.165) is 23.6 Å². The molecule has 1 saturated heterocycles. The van der Waals surface area contributed by atoms with E-state index in [4.69, 9.17) is 4.74 Å². The molecule has 9 heteroatoms. The zero-order valence-electron chi connectivity index (χ0n) is 15.3. The summed E-state index contributed by atoms with van der Waals surface area (Å²) in [6, 6.07) is 2.51. The van der Waals surface area contributed by atoms with E-state index < -0.39 is 28.0 Å². The number of aliphatic carboxylic acids is 1. The van der Waals surface area contributed by atoms with Crippen molar-refractivity contribution in [1.82, 2.24) is 4.31 Å². The van der Waals surface area contributed by atoms with Gasteiger partial charge in [-0.3, -0.25) is 4.79 Å². The number of fused-ring (bicyclic) bond motifs is 1. The number of hydrogen-bond donors (Lipinski definition) is 1. The smallest absolute Gasteiger partial charge is 0.337 e. The van der Waals surface area contributed by atoms with Gasteiger partial charge in [0.15, 0.2) is 0 Å². The summed E-state index contributed by atoms with van der Waals surface area (Å²) in [4.78, 5) is 23.4. The Balaban J connectivity index is 2.11. The lowest BCUT2D eigenvalue weighted by atomic mass is 9.85. The second-order valence-corrected chi connectivity index (χ2v) is 8.71. The van der Waals surface area contributed by atoms with Crippen LogP contribution in [0.4, 0.5) is 0 Å². The molecule has 3 unspecified atom stereocenters. The van der Waals surface area contributed by atoms with E-state index >= 15 is 0 Å². The summed E-state index contributed by atoms with van der Waals surface area (Å²) in [5, 5.41) is 9.64. The molecule has 0 bridgehead atoms.